The van der Waals surface area contributed by atoms with Gasteiger partial charge in [-0.2, -0.15) is 0 Å². The highest BCUT2D eigenvalue weighted by Crippen LogP contribution is 2.19. The highest BCUT2D eigenvalue weighted by molar-refractivity contribution is 5.89. The molecule has 27 heavy (non-hydrogen) atoms. The number of aliphatic hydroxyl groups is 1. The minimum Gasteiger partial charge on any atom is -0.393 e. The van der Waals surface area contributed by atoms with E-state index in [9.17, 15) is 14.7 Å². The Balaban J connectivity index is 1.53. The van der Waals surface area contributed by atoms with E-state index in [-0.39, 0.29) is 30.4 Å². The van der Waals surface area contributed by atoms with Gasteiger partial charge in [0.25, 0.3) is 0 Å². The molecule has 3 N–H and O–H groups in total. The van der Waals surface area contributed by atoms with Crippen LogP contribution in [0.2, 0.25) is 0 Å². The third kappa shape index (κ3) is 5.91. The molecule has 146 valence electrons. The first-order valence-corrected chi connectivity index (χ1v) is 9.82. The molecule has 0 aromatic heterocycles. The Morgan fingerprint density at radius 3 is 2.70 bits per heavy atom. The summed E-state index contributed by atoms with van der Waals surface area (Å²) in [6.45, 7) is 1.98. The maximum absolute atomic E-state index is 12.4. The normalized spacial score (nSPS) is 26.7. The smallest absolute Gasteiger partial charge is 0.237 e. The maximum atomic E-state index is 12.4. The minimum absolute atomic E-state index is 0.0800. The molecule has 6 nitrogen and oxygen atoms in total. The summed E-state index contributed by atoms with van der Waals surface area (Å²) in [4.78, 5) is 26.8. The van der Waals surface area contributed by atoms with Crippen molar-refractivity contribution in [2.24, 2.45) is 0 Å². The summed E-state index contributed by atoms with van der Waals surface area (Å²) in [5.74, 6) is -0.168. The van der Waals surface area contributed by atoms with Crippen molar-refractivity contribution in [1.82, 2.24) is 15.5 Å². The van der Waals surface area contributed by atoms with Gasteiger partial charge in [-0.3, -0.25) is 14.5 Å². The first-order chi connectivity index (χ1) is 13.1. The Kier molecular flexibility index (Phi) is 7.01. The van der Waals surface area contributed by atoms with E-state index in [4.69, 9.17) is 0 Å². The monoisotopic (exact) mass is 371 g/mol. The van der Waals surface area contributed by atoms with Crippen molar-refractivity contribution >= 4 is 17.9 Å². The minimum atomic E-state index is -0.437. The Morgan fingerprint density at radius 1 is 1.22 bits per heavy atom. The summed E-state index contributed by atoms with van der Waals surface area (Å²) in [5, 5.41) is 15.5. The van der Waals surface area contributed by atoms with Crippen LogP contribution in [-0.4, -0.2) is 59.6 Å². The molecule has 1 aromatic rings. The number of hydrogen-bond donors (Lipinski definition) is 3. The van der Waals surface area contributed by atoms with Crippen LogP contribution in [0.15, 0.2) is 36.4 Å². The van der Waals surface area contributed by atoms with Crippen LogP contribution in [0, 0.1) is 0 Å². The number of amides is 2. The lowest BCUT2D eigenvalue weighted by atomic mass is 9.93. The molecule has 0 bridgehead atoms. The van der Waals surface area contributed by atoms with Gasteiger partial charge in [-0.25, -0.2) is 0 Å². The SMILES string of the molecule is O=C(CC1C(=O)NCCN1C/C=C/c1ccccc1)NC1CCC(O)CC1. The van der Waals surface area contributed by atoms with Gasteiger partial charge in [0.15, 0.2) is 0 Å². The predicted octanol–water partition coefficient (Wildman–Crippen LogP) is 1.31. The number of carbonyl (C=O) groups excluding carboxylic acids is 2. The van der Waals surface area contributed by atoms with Crippen molar-refractivity contribution in [3.05, 3.63) is 42.0 Å². The number of nitrogens with one attached hydrogen (secondary N) is 2. The van der Waals surface area contributed by atoms with Crippen LogP contribution in [0.3, 0.4) is 0 Å². The number of hydrogen-bond acceptors (Lipinski definition) is 4. The molecular formula is C21H29N3O3. The number of rotatable bonds is 6. The number of piperazine rings is 1. The van der Waals surface area contributed by atoms with E-state index in [1.54, 1.807) is 0 Å². The maximum Gasteiger partial charge on any atom is 0.237 e. The molecule has 1 atom stereocenters. The fraction of sp³-hybridized carbons (Fsp3) is 0.524. The molecule has 0 radical (unpaired) electrons. The topological polar surface area (TPSA) is 81.7 Å². The largest absolute Gasteiger partial charge is 0.393 e. The van der Waals surface area contributed by atoms with Gasteiger partial charge in [0.05, 0.1) is 18.6 Å². The number of carbonyl (C=O) groups is 2. The summed E-state index contributed by atoms with van der Waals surface area (Å²) in [7, 11) is 0. The molecule has 1 heterocycles. The van der Waals surface area contributed by atoms with Crippen molar-refractivity contribution in [3.8, 4) is 0 Å². The lowest BCUT2D eigenvalue weighted by molar-refractivity contribution is -0.134. The van der Waals surface area contributed by atoms with Crippen molar-refractivity contribution in [1.29, 1.82) is 0 Å². The second-order valence-electron chi connectivity index (χ2n) is 7.39. The van der Waals surface area contributed by atoms with Gasteiger partial charge in [-0.1, -0.05) is 42.5 Å². The Bertz CT molecular complexity index is 654. The fourth-order valence-corrected chi connectivity index (χ4v) is 3.77. The molecule has 0 spiro atoms. The molecule has 3 rings (SSSR count). The van der Waals surface area contributed by atoms with E-state index < -0.39 is 6.04 Å². The van der Waals surface area contributed by atoms with E-state index in [2.05, 4.69) is 15.5 Å². The summed E-state index contributed by atoms with van der Waals surface area (Å²) in [5.41, 5.74) is 1.12. The summed E-state index contributed by atoms with van der Waals surface area (Å²) in [6.07, 6.45) is 7.06. The highest BCUT2D eigenvalue weighted by atomic mass is 16.3. The second kappa shape index (κ2) is 9.67. The molecule has 6 heteroatoms. The van der Waals surface area contributed by atoms with E-state index in [0.717, 1.165) is 37.8 Å². The predicted molar refractivity (Wildman–Crippen MR) is 105 cm³/mol. The Morgan fingerprint density at radius 2 is 1.96 bits per heavy atom. The van der Waals surface area contributed by atoms with E-state index in [1.165, 1.54) is 0 Å². The van der Waals surface area contributed by atoms with Gasteiger partial charge in [0, 0.05) is 25.7 Å². The standard InChI is InChI=1S/C21H29N3O3/c25-18-10-8-17(9-11-18)23-20(26)15-19-21(27)22-12-14-24(19)13-4-7-16-5-2-1-3-6-16/h1-7,17-19,25H,8-15H2,(H,22,27)(H,23,26)/b7-4+. The molecule has 1 saturated carbocycles. The van der Waals surface area contributed by atoms with Crippen molar-refractivity contribution in [2.75, 3.05) is 19.6 Å². The van der Waals surface area contributed by atoms with Crippen LogP contribution >= 0.6 is 0 Å². The summed E-state index contributed by atoms with van der Waals surface area (Å²) < 4.78 is 0. The van der Waals surface area contributed by atoms with Crippen LogP contribution in [0.1, 0.15) is 37.7 Å². The Labute approximate surface area is 160 Å². The molecular weight excluding hydrogens is 342 g/mol. The number of nitrogens with zero attached hydrogens (tertiary/aromatic N) is 1. The zero-order valence-electron chi connectivity index (χ0n) is 15.6. The van der Waals surface area contributed by atoms with Gasteiger partial charge in [0.2, 0.25) is 11.8 Å². The van der Waals surface area contributed by atoms with Crippen molar-refractivity contribution < 1.29 is 14.7 Å². The lowest BCUT2D eigenvalue weighted by Crippen LogP contribution is -2.56. The molecule has 1 aromatic carbocycles. The summed E-state index contributed by atoms with van der Waals surface area (Å²) in [6, 6.07) is 9.70. The summed E-state index contributed by atoms with van der Waals surface area (Å²) >= 11 is 0. The van der Waals surface area contributed by atoms with Crippen LogP contribution < -0.4 is 10.6 Å². The zero-order valence-corrected chi connectivity index (χ0v) is 15.6. The molecule has 1 saturated heterocycles. The third-order valence-corrected chi connectivity index (χ3v) is 5.33. The fourth-order valence-electron chi connectivity index (χ4n) is 3.77. The van der Waals surface area contributed by atoms with Gasteiger partial charge >= 0.3 is 0 Å². The second-order valence-corrected chi connectivity index (χ2v) is 7.39. The first kappa shape index (κ1) is 19.6. The molecule has 2 aliphatic rings. The van der Waals surface area contributed by atoms with Gasteiger partial charge in [0.1, 0.15) is 0 Å². The molecule has 2 amide bonds. The molecule has 1 aliphatic carbocycles. The zero-order chi connectivity index (χ0) is 19.1. The first-order valence-electron chi connectivity index (χ1n) is 9.82. The van der Waals surface area contributed by atoms with Crippen molar-refractivity contribution in [3.63, 3.8) is 0 Å². The van der Waals surface area contributed by atoms with Crippen LogP contribution in [0.4, 0.5) is 0 Å². The number of aliphatic hydroxyl groups excluding tert-OH is 1. The average Bonchev–Trinajstić information content (AvgIpc) is 2.67. The van der Waals surface area contributed by atoms with Crippen LogP contribution in [-0.2, 0) is 9.59 Å². The molecule has 1 aliphatic heterocycles. The third-order valence-electron chi connectivity index (χ3n) is 5.33. The molecule has 2 fully saturated rings. The van der Waals surface area contributed by atoms with E-state index in [1.807, 2.05) is 42.5 Å². The van der Waals surface area contributed by atoms with Gasteiger partial charge < -0.3 is 15.7 Å². The number of benzene rings is 1. The van der Waals surface area contributed by atoms with Crippen LogP contribution in [0.5, 0.6) is 0 Å². The van der Waals surface area contributed by atoms with E-state index >= 15 is 0 Å². The van der Waals surface area contributed by atoms with E-state index in [0.29, 0.717) is 13.1 Å². The Hall–Kier alpha value is -2.18. The molecule has 1 unspecified atom stereocenters. The average molecular weight is 371 g/mol. The van der Waals surface area contributed by atoms with Gasteiger partial charge in [-0.15, -0.1) is 0 Å². The van der Waals surface area contributed by atoms with Crippen molar-refractivity contribution in [2.45, 2.75) is 50.3 Å². The van der Waals surface area contributed by atoms with Gasteiger partial charge in [-0.05, 0) is 31.2 Å². The quantitative estimate of drug-likeness (QED) is 0.704. The van der Waals surface area contributed by atoms with Crippen LogP contribution in [0.25, 0.3) is 6.08 Å². The highest BCUT2D eigenvalue weighted by Gasteiger charge is 2.31. The lowest BCUT2D eigenvalue weighted by Gasteiger charge is -2.34.